The van der Waals surface area contributed by atoms with Gasteiger partial charge in [0.15, 0.2) is 16.4 Å². The lowest BCUT2D eigenvalue weighted by atomic mass is 10.1. The van der Waals surface area contributed by atoms with E-state index in [2.05, 4.69) is 4.98 Å². The number of sulfone groups is 1. The van der Waals surface area contributed by atoms with Crippen molar-refractivity contribution in [3.05, 3.63) is 22.5 Å². The first-order valence-corrected chi connectivity index (χ1v) is 11.4. The molecule has 1 saturated heterocycles. The number of rotatable bonds is 8. The van der Waals surface area contributed by atoms with Crippen molar-refractivity contribution in [2.24, 2.45) is 0 Å². The molecule has 2 heterocycles. The van der Waals surface area contributed by atoms with Crippen LogP contribution in [0.15, 0.2) is 0 Å². The van der Waals surface area contributed by atoms with Crippen LogP contribution in [0, 0.1) is 13.8 Å². The summed E-state index contributed by atoms with van der Waals surface area (Å²) in [6.07, 6.45) is 1.97. The van der Waals surface area contributed by atoms with E-state index < -0.39 is 40.3 Å². The Balaban J connectivity index is 2.07. The van der Waals surface area contributed by atoms with Gasteiger partial charge in [0.05, 0.1) is 24.2 Å². The molecule has 1 amide bonds. The molecule has 1 fully saturated rings. The topological polar surface area (TPSA) is 123 Å². The average Bonchev–Trinajstić information content (AvgIpc) is 3.17. The Hall–Kier alpha value is -2.36. The van der Waals surface area contributed by atoms with Gasteiger partial charge in [-0.05, 0) is 32.3 Å². The quantitative estimate of drug-likeness (QED) is 0.621. The number of H-pyrrole nitrogens is 1. The third-order valence-corrected chi connectivity index (χ3v) is 6.83. The standard InChI is InChI=1S/C19H28N2O7S/c1-5-6-8-21(14-7-9-29(25,26)11-14)15(22)10-28-19(24)17-12(2)16(13(3)20-17)18(23)27-4/h14,20H,5-11H2,1-4H3. The molecule has 1 N–H and O–H groups in total. The number of aromatic amines is 1. The van der Waals surface area contributed by atoms with Gasteiger partial charge in [0.1, 0.15) is 5.69 Å². The van der Waals surface area contributed by atoms with Crippen LogP contribution in [0.5, 0.6) is 0 Å². The minimum atomic E-state index is -3.14. The van der Waals surface area contributed by atoms with Crippen molar-refractivity contribution in [2.45, 2.75) is 46.1 Å². The molecule has 0 saturated carbocycles. The van der Waals surface area contributed by atoms with E-state index >= 15 is 0 Å². The van der Waals surface area contributed by atoms with Gasteiger partial charge >= 0.3 is 11.9 Å². The van der Waals surface area contributed by atoms with Gasteiger partial charge in [-0.15, -0.1) is 0 Å². The summed E-state index contributed by atoms with van der Waals surface area (Å²) in [5, 5.41) is 0. The van der Waals surface area contributed by atoms with E-state index in [4.69, 9.17) is 9.47 Å². The number of aryl methyl sites for hydroxylation is 1. The van der Waals surface area contributed by atoms with E-state index in [0.29, 0.717) is 24.2 Å². The normalized spacial score (nSPS) is 17.7. The van der Waals surface area contributed by atoms with Crippen molar-refractivity contribution < 1.29 is 32.3 Å². The van der Waals surface area contributed by atoms with Crippen molar-refractivity contribution in [1.82, 2.24) is 9.88 Å². The van der Waals surface area contributed by atoms with Crippen LogP contribution in [0.2, 0.25) is 0 Å². The molecule has 1 atom stereocenters. The molecule has 1 aliphatic heterocycles. The van der Waals surface area contributed by atoms with Crippen LogP contribution in [-0.2, 0) is 24.1 Å². The third kappa shape index (κ3) is 5.37. The second-order valence-electron chi connectivity index (χ2n) is 7.19. The molecule has 0 bridgehead atoms. The van der Waals surface area contributed by atoms with Gasteiger partial charge in [-0.1, -0.05) is 13.3 Å². The van der Waals surface area contributed by atoms with E-state index in [-0.39, 0.29) is 22.8 Å². The number of nitrogens with one attached hydrogen (secondary N) is 1. The molecular weight excluding hydrogens is 400 g/mol. The molecule has 9 nitrogen and oxygen atoms in total. The summed E-state index contributed by atoms with van der Waals surface area (Å²) >= 11 is 0. The Kier molecular flexibility index (Phi) is 7.45. The number of hydrogen-bond donors (Lipinski definition) is 1. The van der Waals surface area contributed by atoms with Gasteiger partial charge in [-0.2, -0.15) is 0 Å². The molecule has 0 aromatic carbocycles. The monoisotopic (exact) mass is 428 g/mol. The summed E-state index contributed by atoms with van der Waals surface area (Å²) in [6.45, 7) is 5.12. The van der Waals surface area contributed by atoms with Crippen LogP contribution < -0.4 is 0 Å². The number of nitrogens with zero attached hydrogens (tertiary/aromatic N) is 1. The molecule has 1 aromatic rings. The number of methoxy groups -OCH3 is 1. The first-order chi connectivity index (χ1) is 13.6. The maximum atomic E-state index is 12.7. The highest BCUT2D eigenvalue weighted by Crippen LogP contribution is 2.21. The van der Waals surface area contributed by atoms with Gasteiger partial charge in [0, 0.05) is 18.3 Å². The van der Waals surface area contributed by atoms with E-state index in [0.717, 1.165) is 12.8 Å². The Bertz CT molecular complexity index is 889. The molecule has 0 aliphatic carbocycles. The molecule has 162 valence electrons. The maximum Gasteiger partial charge on any atom is 0.355 e. The minimum Gasteiger partial charge on any atom is -0.465 e. The number of esters is 2. The van der Waals surface area contributed by atoms with Crippen molar-refractivity contribution in [3.8, 4) is 0 Å². The van der Waals surface area contributed by atoms with Crippen LogP contribution in [0.3, 0.4) is 0 Å². The zero-order valence-corrected chi connectivity index (χ0v) is 18.1. The van der Waals surface area contributed by atoms with Crippen LogP contribution in [-0.4, -0.2) is 74.0 Å². The molecule has 0 spiro atoms. The molecule has 29 heavy (non-hydrogen) atoms. The highest BCUT2D eigenvalue weighted by Gasteiger charge is 2.34. The number of carbonyl (C=O) groups excluding carboxylic acids is 3. The third-order valence-electron chi connectivity index (χ3n) is 5.08. The van der Waals surface area contributed by atoms with Crippen LogP contribution in [0.25, 0.3) is 0 Å². The first-order valence-electron chi connectivity index (χ1n) is 9.55. The SMILES string of the molecule is CCCCN(C(=O)COC(=O)c1[nH]c(C)c(C(=O)OC)c1C)C1CCS(=O)(=O)C1. The van der Waals surface area contributed by atoms with Crippen LogP contribution in [0.1, 0.15) is 58.3 Å². The first kappa shape index (κ1) is 22.9. The molecule has 1 aromatic heterocycles. The summed E-state index contributed by atoms with van der Waals surface area (Å²) in [6, 6.07) is -0.391. The van der Waals surface area contributed by atoms with Gasteiger partial charge in [0.25, 0.3) is 5.91 Å². The fraction of sp³-hybridized carbons (Fsp3) is 0.632. The van der Waals surface area contributed by atoms with E-state index in [1.54, 1.807) is 13.8 Å². The molecular formula is C19H28N2O7S. The lowest BCUT2D eigenvalue weighted by molar-refractivity contribution is -0.136. The Labute approximate surface area is 170 Å². The molecule has 2 rings (SSSR count). The maximum absolute atomic E-state index is 12.7. The lowest BCUT2D eigenvalue weighted by Crippen LogP contribution is -2.43. The Morgan fingerprint density at radius 1 is 1.21 bits per heavy atom. The number of amides is 1. The summed E-state index contributed by atoms with van der Waals surface area (Å²) in [5.74, 6) is -1.76. The molecule has 0 radical (unpaired) electrons. The minimum absolute atomic E-state index is 0.0601. The second-order valence-corrected chi connectivity index (χ2v) is 9.42. The lowest BCUT2D eigenvalue weighted by Gasteiger charge is -2.28. The van der Waals surface area contributed by atoms with Crippen LogP contribution in [0.4, 0.5) is 0 Å². The van der Waals surface area contributed by atoms with E-state index in [9.17, 15) is 22.8 Å². The van der Waals surface area contributed by atoms with Gasteiger partial charge < -0.3 is 19.4 Å². The van der Waals surface area contributed by atoms with Gasteiger partial charge in [-0.3, -0.25) is 4.79 Å². The summed E-state index contributed by atoms with van der Waals surface area (Å²) < 4.78 is 33.4. The zero-order chi connectivity index (χ0) is 21.8. The average molecular weight is 429 g/mol. The smallest absolute Gasteiger partial charge is 0.355 e. The van der Waals surface area contributed by atoms with Crippen molar-refractivity contribution in [3.63, 3.8) is 0 Å². The number of carbonyl (C=O) groups is 3. The summed E-state index contributed by atoms with van der Waals surface area (Å²) in [5.41, 5.74) is 1.19. The second kappa shape index (κ2) is 9.43. The zero-order valence-electron chi connectivity index (χ0n) is 17.2. The van der Waals surface area contributed by atoms with Crippen molar-refractivity contribution >= 4 is 27.7 Å². The molecule has 10 heteroatoms. The highest BCUT2D eigenvalue weighted by atomic mass is 32.2. The largest absolute Gasteiger partial charge is 0.465 e. The summed E-state index contributed by atoms with van der Waals surface area (Å²) in [4.78, 5) is 41.3. The molecule has 1 unspecified atom stereocenters. The van der Waals surface area contributed by atoms with E-state index in [1.807, 2.05) is 6.92 Å². The Morgan fingerprint density at radius 3 is 2.45 bits per heavy atom. The number of ether oxygens (including phenoxy) is 2. The van der Waals surface area contributed by atoms with Crippen molar-refractivity contribution in [1.29, 1.82) is 0 Å². The predicted molar refractivity (Wildman–Crippen MR) is 106 cm³/mol. The number of hydrogen-bond acceptors (Lipinski definition) is 7. The summed E-state index contributed by atoms with van der Waals surface area (Å²) in [7, 11) is -1.89. The number of unbranched alkanes of at least 4 members (excludes halogenated alkanes) is 1. The fourth-order valence-electron chi connectivity index (χ4n) is 3.51. The van der Waals surface area contributed by atoms with E-state index in [1.165, 1.54) is 12.0 Å². The highest BCUT2D eigenvalue weighted by molar-refractivity contribution is 7.91. The van der Waals surface area contributed by atoms with Gasteiger partial charge in [-0.25, -0.2) is 18.0 Å². The predicted octanol–water partition coefficient (Wildman–Crippen LogP) is 1.39. The fourth-order valence-corrected chi connectivity index (χ4v) is 5.24. The molecule has 1 aliphatic rings. The number of aromatic nitrogens is 1. The van der Waals surface area contributed by atoms with Crippen molar-refractivity contribution in [2.75, 3.05) is 31.8 Å². The Morgan fingerprint density at radius 2 is 1.90 bits per heavy atom. The van der Waals surface area contributed by atoms with Gasteiger partial charge in [0.2, 0.25) is 0 Å². The van der Waals surface area contributed by atoms with Crippen LogP contribution >= 0.6 is 0 Å².